The van der Waals surface area contributed by atoms with E-state index in [0.29, 0.717) is 5.82 Å². The molecule has 0 spiro atoms. The Kier molecular flexibility index (Phi) is 1.09. The van der Waals surface area contributed by atoms with Crippen LogP contribution in [0.15, 0.2) is 24.4 Å². The third-order valence-electron chi connectivity index (χ3n) is 0.785. The van der Waals surface area contributed by atoms with Crippen LogP contribution in [0.3, 0.4) is 0 Å². The van der Waals surface area contributed by atoms with Crippen LogP contribution >= 0.6 is 0 Å². The van der Waals surface area contributed by atoms with Crippen LogP contribution in [0, 0.1) is 0 Å². The molecule has 0 saturated carbocycles. The fourth-order valence-corrected chi connectivity index (χ4v) is 0.460. The number of nitrogens with zero attached hydrogens (tertiary/aromatic N) is 1. The van der Waals surface area contributed by atoms with E-state index in [-0.39, 0.29) is 0 Å². The van der Waals surface area contributed by atoms with Gasteiger partial charge in [0.05, 0.1) is 6.20 Å². The molecule has 0 radical (unpaired) electrons. The molecule has 0 unspecified atom stereocenters. The van der Waals surface area contributed by atoms with Gasteiger partial charge in [0.25, 0.3) is 0 Å². The van der Waals surface area contributed by atoms with E-state index in [9.17, 15) is 0 Å². The number of rotatable bonds is 0. The molecule has 8 heavy (non-hydrogen) atoms. The summed E-state index contributed by atoms with van der Waals surface area (Å²) in [5.74, 6) is 5.83. The third kappa shape index (κ3) is 0.913. The SMILES string of the molecule is NC1=CN(N)C=CN1. The first-order chi connectivity index (χ1) is 3.79. The lowest BCUT2D eigenvalue weighted by Crippen LogP contribution is -2.28. The van der Waals surface area contributed by atoms with Gasteiger partial charge in [0.2, 0.25) is 0 Å². The molecule has 4 heteroatoms. The predicted octanol–water partition coefficient (Wildman–Crippen LogP) is -1.01. The lowest BCUT2D eigenvalue weighted by Gasteiger charge is -2.13. The maximum atomic E-state index is 5.30. The topological polar surface area (TPSA) is 67.3 Å². The summed E-state index contributed by atoms with van der Waals surface area (Å²) in [6.45, 7) is 0. The van der Waals surface area contributed by atoms with Crippen LogP contribution in [0.4, 0.5) is 0 Å². The molecule has 1 heterocycles. The molecule has 0 amide bonds. The Labute approximate surface area is 47.4 Å². The molecule has 5 N–H and O–H groups in total. The van der Waals surface area contributed by atoms with Gasteiger partial charge in [-0.25, -0.2) is 5.84 Å². The quantitative estimate of drug-likeness (QED) is 0.351. The Bertz CT molecular complexity index is 137. The summed E-state index contributed by atoms with van der Waals surface area (Å²) in [7, 11) is 0. The van der Waals surface area contributed by atoms with Crippen LogP contribution in [0.25, 0.3) is 0 Å². The highest BCUT2D eigenvalue weighted by atomic mass is 15.4. The summed E-state index contributed by atoms with van der Waals surface area (Å²) < 4.78 is 0. The summed E-state index contributed by atoms with van der Waals surface area (Å²) in [6, 6.07) is 0. The molecular formula is C4H8N4. The van der Waals surface area contributed by atoms with Crippen molar-refractivity contribution in [3.8, 4) is 0 Å². The van der Waals surface area contributed by atoms with Gasteiger partial charge in [0.15, 0.2) is 0 Å². The van der Waals surface area contributed by atoms with E-state index >= 15 is 0 Å². The Morgan fingerprint density at radius 1 is 1.62 bits per heavy atom. The molecular weight excluding hydrogens is 104 g/mol. The fraction of sp³-hybridized carbons (Fsp3) is 0. The zero-order chi connectivity index (χ0) is 5.98. The number of hydrogen-bond donors (Lipinski definition) is 3. The van der Waals surface area contributed by atoms with Gasteiger partial charge in [-0.1, -0.05) is 0 Å². The number of nitrogens with one attached hydrogen (secondary N) is 1. The highest BCUT2D eigenvalue weighted by Gasteiger charge is 1.92. The van der Waals surface area contributed by atoms with Gasteiger partial charge < -0.3 is 11.1 Å². The van der Waals surface area contributed by atoms with Crippen LogP contribution in [-0.4, -0.2) is 5.01 Å². The second-order valence-electron chi connectivity index (χ2n) is 1.49. The predicted molar refractivity (Wildman–Crippen MR) is 30.6 cm³/mol. The summed E-state index contributed by atoms with van der Waals surface area (Å²) in [5.41, 5.74) is 5.30. The second kappa shape index (κ2) is 1.75. The molecule has 0 atom stereocenters. The molecule has 4 nitrogen and oxygen atoms in total. The zero-order valence-electron chi connectivity index (χ0n) is 4.33. The Morgan fingerprint density at radius 3 is 2.75 bits per heavy atom. The van der Waals surface area contributed by atoms with Crippen LogP contribution in [-0.2, 0) is 0 Å². The Hall–Kier alpha value is -1.16. The fourth-order valence-electron chi connectivity index (χ4n) is 0.460. The van der Waals surface area contributed by atoms with Crippen molar-refractivity contribution in [1.82, 2.24) is 10.3 Å². The van der Waals surface area contributed by atoms with E-state index in [2.05, 4.69) is 5.32 Å². The Balaban J connectivity index is 2.60. The molecule has 44 valence electrons. The third-order valence-corrected chi connectivity index (χ3v) is 0.785. The number of nitrogens with two attached hydrogens (primary N) is 2. The minimum atomic E-state index is 0.551. The maximum Gasteiger partial charge on any atom is 0.118 e. The van der Waals surface area contributed by atoms with Gasteiger partial charge >= 0.3 is 0 Å². The van der Waals surface area contributed by atoms with E-state index in [1.807, 2.05) is 0 Å². The van der Waals surface area contributed by atoms with Gasteiger partial charge in [-0.15, -0.1) is 0 Å². The van der Waals surface area contributed by atoms with Gasteiger partial charge in [0.1, 0.15) is 5.82 Å². The van der Waals surface area contributed by atoms with Crippen LogP contribution in [0.5, 0.6) is 0 Å². The van der Waals surface area contributed by atoms with Crippen molar-refractivity contribution in [3.05, 3.63) is 24.4 Å². The minimum Gasteiger partial charge on any atom is -0.384 e. The maximum absolute atomic E-state index is 5.30. The number of hydrogen-bond acceptors (Lipinski definition) is 4. The van der Waals surface area contributed by atoms with Crippen LogP contribution in [0.2, 0.25) is 0 Å². The smallest absolute Gasteiger partial charge is 0.118 e. The zero-order valence-corrected chi connectivity index (χ0v) is 4.33. The van der Waals surface area contributed by atoms with Gasteiger partial charge in [-0.2, -0.15) is 0 Å². The molecule has 0 aromatic carbocycles. The lowest BCUT2D eigenvalue weighted by molar-refractivity contribution is 0.515. The molecule has 0 aliphatic carbocycles. The molecule has 0 saturated heterocycles. The van der Waals surface area contributed by atoms with E-state index in [1.54, 1.807) is 18.6 Å². The average Bonchev–Trinajstić information content (AvgIpc) is 1.64. The molecule has 0 aromatic rings. The van der Waals surface area contributed by atoms with Crippen molar-refractivity contribution in [2.24, 2.45) is 11.6 Å². The van der Waals surface area contributed by atoms with Crippen molar-refractivity contribution < 1.29 is 0 Å². The summed E-state index contributed by atoms with van der Waals surface area (Å²) in [5, 5.41) is 4.13. The van der Waals surface area contributed by atoms with Crippen molar-refractivity contribution >= 4 is 0 Å². The normalized spacial score (nSPS) is 17.6. The van der Waals surface area contributed by atoms with Crippen molar-refractivity contribution in [1.29, 1.82) is 0 Å². The molecule has 1 aliphatic rings. The van der Waals surface area contributed by atoms with Crippen LogP contribution in [0.1, 0.15) is 0 Å². The minimum absolute atomic E-state index is 0.551. The first kappa shape index (κ1) is 4.99. The van der Waals surface area contributed by atoms with Crippen LogP contribution < -0.4 is 16.9 Å². The van der Waals surface area contributed by atoms with E-state index < -0.39 is 0 Å². The molecule has 0 bridgehead atoms. The van der Waals surface area contributed by atoms with Crippen molar-refractivity contribution in [2.75, 3.05) is 0 Å². The first-order valence-corrected chi connectivity index (χ1v) is 2.22. The highest BCUT2D eigenvalue weighted by Crippen LogP contribution is 1.89. The molecule has 1 rings (SSSR count). The second-order valence-corrected chi connectivity index (χ2v) is 1.49. The Morgan fingerprint density at radius 2 is 2.38 bits per heavy atom. The van der Waals surface area contributed by atoms with Gasteiger partial charge in [0, 0.05) is 12.4 Å². The molecule has 0 fully saturated rings. The standard InChI is InChI=1S/C4H8N4/c5-4-3-8(6)2-1-7-4/h1-3,7H,5-6H2. The van der Waals surface area contributed by atoms with Gasteiger partial charge in [-0.05, 0) is 0 Å². The summed E-state index contributed by atoms with van der Waals surface area (Å²) in [4.78, 5) is 0. The summed E-state index contributed by atoms with van der Waals surface area (Å²) in [6.07, 6.45) is 4.91. The van der Waals surface area contributed by atoms with Gasteiger partial charge in [-0.3, -0.25) is 5.01 Å². The largest absolute Gasteiger partial charge is 0.384 e. The number of hydrazine groups is 1. The summed E-state index contributed by atoms with van der Waals surface area (Å²) >= 11 is 0. The lowest BCUT2D eigenvalue weighted by atomic mass is 10.6. The monoisotopic (exact) mass is 112 g/mol. The van der Waals surface area contributed by atoms with Crippen molar-refractivity contribution in [2.45, 2.75) is 0 Å². The van der Waals surface area contributed by atoms with Crippen molar-refractivity contribution in [3.63, 3.8) is 0 Å². The van der Waals surface area contributed by atoms with E-state index in [0.717, 1.165) is 0 Å². The van der Waals surface area contributed by atoms with E-state index in [4.69, 9.17) is 11.6 Å². The highest BCUT2D eigenvalue weighted by molar-refractivity contribution is 5.04. The molecule has 0 aromatic heterocycles. The van der Waals surface area contributed by atoms with E-state index in [1.165, 1.54) is 5.01 Å². The first-order valence-electron chi connectivity index (χ1n) is 2.22. The average molecular weight is 112 g/mol. The molecule has 1 aliphatic heterocycles.